The van der Waals surface area contributed by atoms with Gasteiger partial charge in [-0.1, -0.05) is 6.08 Å². The van der Waals surface area contributed by atoms with E-state index in [1.807, 2.05) is 10.7 Å². The molecule has 1 fully saturated rings. The number of nitrogens with zero attached hydrogens (tertiary/aromatic N) is 2. The highest BCUT2D eigenvalue weighted by Crippen LogP contribution is 2.36. The van der Waals surface area contributed by atoms with Crippen LogP contribution in [0.2, 0.25) is 0 Å². The third-order valence-corrected chi connectivity index (χ3v) is 7.04. The van der Waals surface area contributed by atoms with Crippen molar-refractivity contribution in [2.45, 2.75) is 44.9 Å². The minimum Gasteiger partial charge on any atom is -0.494 e. The molecule has 1 aromatic heterocycles. The van der Waals surface area contributed by atoms with Gasteiger partial charge in [0.25, 0.3) is 0 Å². The first-order chi connectivity index (χ1) is 17.7. The normalized spacial score (nSPS) is 21.1. The van der Waals surface area contributed by atoms with Gasteiger partial charge in [-0.15, -0.1) is 0 Å². The Labute approximate surface area is 210 Å². The molecular formula is C28H32N4O4. The third-order valence-electron chi connectivity index (χ3n) is 7.04. The van der Waals surface area contributed by atoms with Crippen LogP contribution in [0.1, 0.15) is 49.5 Å². The Morgan fingerprint density at radius 1 is 0.972 bits per heavy atom. The molecule has 188 valence electrons. The Balaban J connectivity index is 1.51. The highest BCUT2D eigenvalue weighted by Gasteiger charge is 2.23. The van der Waals surface area contributed by atoms with Crippen molar-refractivity contribution in [2.75, 3.05) is 32.8 Å². The zero-order chi connectivity index (χ0) is 24.3. The van der Waals surface area contributed by atoms with Crippen LogP contribution in [-0.2, 0) is 16.1 Å². The number of fused-ring (bicyclic) bond motifs is 4. The molecule has 1 unspecified atom stereocenters. The van der Waals surface area contributed by atoms with Gasteiger partial charge < -0.3 is 24.8 Å². The average molecular weight is 489 g/mol. The lowest BCUT2D eigenvalue weighted by molar-refractivity contribution is -0.0365. The summed E-state index contributed by atoms with van der Waals surface area (Å²) in [5, 5.41) is 12.4. The summed E-state index contributed by atoms with van der Waals surface area (Å²) in [6.45, 7) is 3.75. The van der Waals surface area contributed by atoms with E-state index in [1.54, 1.807) is 0 Å². The minimum absolute atomic E-state index is 0.0748. The standard InChI is InChI=1S/C28H32N4O4/c33-28-30-9-3-13-34-23-5-6-25-24(17-23)27(31-32(25)26-4-1-2-12-35-26)22-15-19(18-36-28)14-21(16-22)20-7-10-29-11-8-20/h5-7,14-17,26,29H,1-4,8-13,18H2,(H,30,33). The van der Waals surface area contributed by atoms with E-state index in [9.17, 15) is 4.79 Å². The topological polar surface area (TPSA) is 86.6 Å². The van der Waals surface area contributed by atoms with Crippen molar-refractivity contribution in [3.63, 3.8) is 0 Å². The van der Waals surface area contributed by atoms with E-state index in [4.69, 9.17) is 19.3 Å². The number of carbonyl (C=O) groups excluding carboxylic acids is 1. The summed E-state index contributed by atoms with van der Waals surface area (Å²) in [5.41, 5.74) is 6.30. The van der Waals surface area contributed by atoms with Crippen LogP contribution in [0.25, 0.3) is 27.7 Å². The number of hydrogen-bond donors (Lipinski definition) is 2. The van der Waals surface area contributed by atoms with Crippen LogP contribution in [0, 0.1) is 0 Å². The van der Waals surface area contributed by atoms with Gasteiger partial charge in [-0.05, 0) is 91.7 Å². The van der Waals surface area contributed by atoms with Gasteiger partial charge in [-0.2, -0.15) is 5.10 Å². The van der Waals surface area contributed by atoms with Crippen molar-refractivity contribution in [3.05, 3.63) is 53.6 Å². The van der Waals surface area contributed by atoms with Crippen molar-refractivity contribution < 1.29 is 19.0 Å². The van der Waals surface area contributed by atoms with E-state index in [0.29, 0.717) is 19.6 Å². The molecule has 1 atom stereocenters. The second-order valence-corrected chi connectivity index (χ2v) is 9.60. The number of carbonyl (C=O) groups is 1. The van der Waals surface area contributed by atoms with E-state index in [1.165, 1.54) is 5.57 Å². The fourth-order valence-corrected chi connectivity index (χ4v) is 5.19. The molecule has 1 amide bonds. The van der Waals surface area contributed by atoms with Crippen LogP contribution in [0.4, 0.5) is 4.79 Å². The van der Waals surface area contributed by atoms with Crippen molar-refractivity contribution in [1.29, 1.82) is 0 Å². The quantitative estimate of drug-likeness (QED) is 0.540. The molecule has 2 aromatic carbocycles. The Hall–Kier alpha value is -3.36. The van der Waals surface area contributed by atoms with E-state index >= 15 is 0 Å². The summed E-state index contributed by atoms with van der Waals surface area (Å²) >= 11 is 0. The molecule has 8 heteroatoms. The van der Waals surface area contributed by atoms with E-state index in [-0.39, 0.29) is 12.8 Å². The lowest BCUT2D eigenvalue weighted by Crippen LogP contribution is -2.26. The molecule has 3 aliphatic rings. The third kappa shape index (κ3) is 4.83. The lowest BCUT2D eigenvalue weighted by Gasteiger charge is -2.23. The molecule has 0 spiro atoms. The lowest BCUT2D eigenvalue weighted by atomic mass is 9.94. The largest absolute Gasteiger partial charge is 0.494 e. The van der Waals surface area contributed by atoms with Gasteiger partial charge >= 0.3 is 6.09 Å². The van der Waals surface area contributed by atoms with Crippen LogP contribution in [0.15, 0.2) is 42.5 Å². The molecule has 0 radical (unpaired) electrons. The molecule has 2 N–H and O–H groups in total. The SMILES string of the molecule is O=C1NCCCOc2ccc3c(c2)c(nn3C2CCCCO2)-c2cc(cc(C3=CCNCC3)c2)CO1. The fourth-order valence-electron chi connectivity index (χ4n) is 5.19. The highest BCUT2D eigenvalue weighted by molar-refractivity contribution is 5.95. The second kappa shape index (κ2) is 10.3. The number of rotatable bonds is 2. The van der Waals surface area contributed by atoms with Gasteiger partial charge in [-0.25, -0.2) is 9.48 Å². The van der Waals surface area contributed by atoms with Crippen molar-refractivity contribution in [2.24, 2.45) is 0 Å². The molecule has 0 saturated carbocycles. The van der Waals surface area contributed by atoms with Gasteiger partial charge in [0.1, 0.15) is 18.1 Å². The van der Waals surface area contributed by atoms with Crippen molar-refractivity contribution in [1.82, 2.24) is 20.4 Å². The number of benzene rings is 2. The molecule has 6 rings (SSSR count). The monoisotopic (exact) mass is 488 g/mol. The maximum Gasteiger partial charge on any atom is 0.407 e. The molecule has 8 nitrogen and oxygen atoms in total. The first-order valence-corrected chi connectivity index (χ1v) is 13.0. The van der Waals surface area contributed by atoms with Gasteiger partial charge in [0.2, 0.25) is 0 Å². The number of nitrogens with one attached hydrogen (secondary N) is 2. The molecule has 36 heavy (non-hydrogen) atoms. The number of cyclic esters (lactones) is 1. The van der Waals surface area contributed by atoms with Gasteiger partial charge in [0.15, 0.2) is 6.23 Å². The molecule has 4 heterocycles. The van der Waals surface area contributed by atoms with Crippen LogP contribution in [0.3, 0.4) is 0 Å². The second-order valence-electron chi connectivity index (χ2n) is 9.60. The van der Waals surface area contributed by atoms with Crippen molar-refractivity contribution >= 4 is 22.6 Å². The zero-order valence-corrected chi connectivity index (χ0v) is 20.4. The average Bonchev–Trinajstić information content (AvgIpc) is 3.31. The summed E-state index contributed by atoms with van der Waals surface area (Å²) in [4.78, 5) is 12.3. The Kier molecular flexibility index (Phi) is 6.61. The smallest absolute Gasteiger partial charge is 0.407 e. The molecular weight excluding hydrogens is 456 g/mol. The van der Waals surface area contributed by atoms with Crippen LogP contribution < -0.4 is 15.4 Å². The first-order valence-electron chi connectivity index (χ1n) is 13.0. The maximum atomic E-state index is 12.3. The van der Waals surface area contributed by atoms with Crippen molar-refractivity contribution in [3.8, 4) is 17.0 Å². The molecule has 3 aromatic rings. The predicted octanol–water partition coefficient (Wildman–Crippen LogP) is 4.79. The summed E-state index contributed by atoms with van der Waals surface area (Å²) in [6, 6.07) is 12.6. The summed E-state index contributed by atoms with van der Waals surface area (Å²) in [7, 11) is 0. The number of hydrogen-bond acceptors (Lipinski definition) is 6. The van der Waals surface area contributed by atoms with Gasteiger partial charge in [0.05, 0.1) is 12.1 Å². The Morgan fingerprint density at radius 2 is 1.92 bits per heavy atom. The zero-order valence-electron chi connectivity index (χ0n) is 20.4. The van der Waals surface area contributed by atoms with E-state index < -0.39 is 6.09 Å². The number of alkyl carbamates (subject to hydrolysis) is 1. The molecule has 1 saturated heterocycles. The number of amides is 1. The van der Waals surface area contributed by atoms with Crippen LogP contribution >= 0.6 is 0 Å². The predicted molar refractivity (Wildman–Crippen MR) is 138 cm³/mol. The number of ether oxygens (including phenoxy) is 3. The van der Waals surface area contributed by atoms with Crippen LogP contribution in [-0.4, -0.2) is 48.7 Å². The molecule has 0 aliphatic carbocycles. The number of aromatic nitrogens is 2. The summed E-state index contributed by atoms with van der Waals surface area (Å²) < 4.78 is 19.7. The minimum atomic E-state index is -0.417. The molecule has 4 bridgehead atoms. The van der Waals surface area contributed by atoms with E-state index in [0.717, 1.165) is 84.4 Å². The Bertz CT molecular complexity index is 1290. The maximum absolute atomic E-state index is 12.3. The fraction of sp³-hybridized carbons (Fsp3) is 0.429. The first kappa shape index (κ1) is 23.1. The van der Waals surface area contributed by atoms with Gasteiger partial charge in [-0.3, -0.25) is 0 Å². The molecule has 3 aliphatic heterocycles. The van der Waals surface area contributed by atoms with Crippen LogP contribution in [0.5, 0.6) is 5.75 Å². The van der Waals surface area contributed by atoms with E-state index in [2.05, 4.69) is 47.0 Å². The highest BCUT2D eigenvalue weighted by atomic mass is 16.5. The Morgan fingerprint density at radius 3 is 2.78 bits per heavy atom. The van der Waals surface area contributed by atoms with Gasteiger partial charge in [0, 0.05) is 30.6 Å². The summed E-state index contributed by atoms with van der Waals surface area (Å²) in [5.74, 6) is 0.794. The summed E-state index contributed by atoms with van der Waals surface area (Å²) in [6.07, 6.45) is 6.55.